The van der Waals surface area contributed by atoms with Crippen LogP contribution in [0.5, 0.6) is 0 Å². The van der Waals surface area contributed by atoms with Gasteiger partial charge < -0.3 is 0 Å². The maximum absolute atomic E-state index is 7.83. The number of hydrogen-bond donors (Lipinski definition) is 0. The summed E-state index contributed by atoms with van der Waals surface area (Å²) in [5.74, 6) is 0. The van der Waals surface area contributed by atoms with E-state index in [1.54, 1.807) is 6.20 Å². The zero-order valence-corrected chi connectivity index (χ0v) is 17.8. The van der Waals surface area contributed by atoms with Gasteiger partial charge in [0.2, 0.25) is 5.69 Å². The molecular weight excluding hydrogens is 350 g/mol. The largest absolute Gasteiger partial charge is 0.213 e. The summed E-state index contributed by atoms with van der Waals surface area (Å²) in [6.45, 7) is 6.79. The summed E-state index contributed by atoms with van der Waals surface area (Å²) in [4.78, 5) is 2.68. The normalized spacial score (nSPS) is 16.9. The molecule has 0 saturated carbocycles. The van der Waals surface area contributed by atoms with Crippen LogP contribution >= 0.6 is 11.8 Å². The van der Waals surface area contributed by atoms with Crippen molar-refractivity contribution in [1.82, 2.24) is 0 Å². The second-order valence-electron chi connectivity index (χ2n) is 7.72. The van der Waals surface area contributed by atoms with Crippen LogP contribution in [-0.2, 0) is 7.05 Å². The average Bonchev–Trinajstić information content (AvgIpc) is 2.63. The molecule has 0 amide bonds. The number of aromatic nitrogens is 1. The molecule has 2 heterocycles. The van der Waals surface area contributed by atoms with Crippen LogP contribution < -0.4 is 14.9 Å². The highest BCUT2D eigenvalue weighted by atomic mass is 32.2. The standard InChI is InChI=1S/C23H26NSSi/c1-15-11-12-21-23(22(15)18-13-16(2)17(3)14-24(18)4)25-19-9-7-8-10-20(19)26(21,5)6/h7-14H,1-6H3/q+1/i3D3. The van der Waals surface area contributed by atoms with Gasteiger partial charge in [0.15, 0.2) is 6.20 Å². The fourth-order valence-electron chi connectivity index (χ4n) is 3.92. The Balaban J connectivity index is 1.99. The Bertz CT molecular complexity index is 1140. The maximum Gasteiger partial charge on any atom is 0.213 e. The molecule has 1 aromatic heterocycles. The first-order chi connectivity index (χ1) is 13.5. The number of pyridine rings is 1. The van der Waals surface area contributed by atoms with Gasteiger partial charge in [-0.05, 0) is 48.3 Å². The number of hydrogen-bond acceptors (Lipinski definition) is 1. The molecular formula is C23H26NSSi+. The Morgan fingerprint density at radius 1 is 0.962 bits per heavy atom. The molecule has 0 fully saturated rings. The molecule has 2 aromatic carbocycles. The van der Waals surface area contributed by atoms with E-state index >= 15 is 0 Å². The van der Waals surface area contributed by atoms with E-state index in [0.29, 0.717) is 5.56 Å². The molecule has 0 spiro atoms. The molecule has 0 unspecified atom stereocenters. The molecule has 1 nitrogen and oxygen atoms in total. The number of nitrogens with zero attached hydrogens (tertiary/aromatic N) is 1. The zero-order chi connectivity index (χ0) is 21.1. The summed E-state index contributed by atoms with van der Waals surface area (Å²) in [7, 11) is 0.140. The first kappa shape index (κ1) is 14.2. The van der Waals surface area contributed by atoms with Gasteiger partial charge in [0, 0.05) is 25.5 Å². The number of benzene rings is 2. The zero-order valence-electron chi connectivity index (χ0n) is 19.0. The van der Waals surface area contributed by atoms with Crippen LogP contribution in [0.25, 0.3) is 11.3 Å². The van der Waals surface area contributed by atoms with Crippen molar-refractivity contribution in [3.05, 3.63) is 65.4 Å². The maximum atomic E-state index is 7.83. The van der Waals surface area contributed by atoms with Crippen LogP contribution in [-0.4, -0.2) is 8.07 Å². The minimum absolute atomic E-state index is 0.416. The van der Waals surface area contributed by atoms with Crippen molar-refractivity contribution >= 4 is 30.2 Å². The van der Waals surface area contributed by atoms with Gasteiger partial charge in [-0.25, -0.2) is 4.57 Å². The SMILES string of the molecule is [2H]C([2H])([2H])c1c[n+](C)c(-c2c(C)ccc3c2Sc2ccccc2[Si]3(C)C)cc1C. The van der Waals surface area contributed by atoms with Crippen molar-refractivity contribution < 1.29 is 8.68 Å². The average molecular weight is 380 g/mol. The molecule has 0 saturated heterocycles. The third-order valence-corrected chi connectivity index (χ3v) is 10.7. The molecule has 26 heavy (non-hydrogen) atoms. The molecule has 0 N–H and O–H groups in total. The molecule has 0 atom stereocenters. The van der Waals surface area contributed by atoms with Crippen molar-refractivity contribution in [2.75, 3.05) is 0 Å². The Morgan fingerprint density at radius 2 is 1.73 bits per heavy atom. The predicted molar refractivity (Wildman–Crippen MR) is 115 cm³/mol. The molecule has 0 radical (unpaired) electrons. The van der Waals surface area contributed by atoms with Crippen LogP contribution in [0.3, 0.4) is 0 Å². The third kappa shape index (κ3) is 2.57. The van der Waals surface area contributed by atoms with Gasteiger partial charge >= 0.3 is 0 Å². The van der Waals surface area contributed by atoms with Crippen LogP contribution in [0.1, 0.15) is 20.8 Å². The number of rotatable bonds is 1. The Morgan fingerprint density at radius 3 is 2.50 bits per heavy atom. The van der Waals surface area contributed by atoms with E-state index < -0.39 is 14.9 Å². The lowest BCUT2D eigenvalue weighted by Crippen LogP contribution is -2.56. The molecule has 0 aliphatic carbocycles. The second kappa shape index (κ2) is 6.10. The van der Waals surface area contributed by atoms with Crippen molar-refractivity contribution in [1.29, 1.82) is 0 Å². The quantitative estimate of drug-likeness (QED) is 0.448. The van der Waals surface area contributed by atoms with E-state index in [1.807, 2.05) is 36.4 Å². The molecule has 132 valence electrons. The fraction of sp³-hybridized carbons (Fsp3) is 0.261. The molecule has 1 aliphatic heterocycles. The molecule has 1 aliphatic rings. The highest BCUT2D eigenvalue weighted by Gasteiger charge is 2.37. The topological polar surface area (TPSA) is 3.88 Å². The van der Waals surface area contributed by atoms with Crippen molar-refractivity contribution in [3.63, 3.8) is 0 Å². The van der Waals surface area contributed by atoms with E-state index in [4.69, 9.17) is 4.11 Å². The Hall–Kier alpha value is -1.84. The van der Waals surface area contributed by atoms with E-state index in [-0.39, 0.29) is 0 Å². The van der Waals surface area contributed by atoms with Crippen LogP contribution in [0.15, 0.2) is 58.5 Å². The van der Waals surface area contributed by atoms with E-state index in [9.17, 15) is 0 Å². The number of fused-ring (bicyclic) bond motifs is 2. The van der Waals surface area contributed by atoms with Gasteiger partial charge in [0.1, 0.15) is 15.1 Å². The first-order valence-corrected chi connectivity index (χ1v) is 12.8. The summed E-state index contributed by atoms with van der Waals surface area (Å²) in [6, 6.07) is 15.4. The first-order valence-electron chi connectivity index (χ1n) is 10.4. The fourth-order valence-corrected chi connectivity index (χ4v) is 9.55. The monoisotopic (exact) mass is 379 g/mol. The lowest BCUT2D eigenvalue weighted by Gasteiger charge is -2.34. The van der Waals surface area contributed by atoms with E-state index in [1.165, 1.54) is 31.3 Å². The van der Waals surface area contributed by atoms with Gasteiger partial charge in [-0.2, -0.15) is 0 Å². The van der Waals surface area contributed by atoms with Gasteiger partial charge in [-0.1, -0.05) is 55.2 Å². The summed E-state index contributed by atoms with van der Waals surface area (Å²) in [5.41, 5.74) is 4.75. The minimum atomic E-state index is -2.10. The summed E-state index contributed by atoms with van der Waals surface area (Å²) in [5, 5.41) is 2.95. The van der Waals surface area contributed by atoms with Gasteiger partial charge in [0.25, 0.3) is 0 Å². The van der Waals surface area contributed by atoms with Crippen molar-refractivity contribution in [2.24, 2.45) is 7.05 Å². The molecule has 4 rings (SSSR count). The molecule has 0 bridgehead atoms. The smallest absolute Gasteiger partial charge is 0.201 e. The van der Waals surface area contributed by atoms with E-state index in [2.05, 4.69) is 56.4 Å². The minimum Gasteiger partial charge on any atom is -0.201 e. The molecule has 3 heteroatoms. The lowest BCUT2D eigenvalue weighted by molar-refractivity contribution is -0.660. The highest BCUT2D eigenvalue weighted by molar-refractivity contribution is 8.00. The summed E-state index contributed by atoms with van der Waals surface area (Å²) >= 11 is 1.86. The lowest BCUT2D eigenvalue weighted by atomic mass is 10.0. The Labute approximate surface area is 166 Å². The van der Waals surface area contributed by atoms with Gasteiger partial charge in [0.05, 0.1) is 5.56 Å². The third-order valence-electron chi connectivity index (χ3n) is 5.55. The predicted octanol–water partition coefficient (Wildman–Crippen LogP) is 4.39. The highest BCUT2D eigenvalue weighted by Crippen LogP contribution is 2.40. The van der Waals surface area contributed by atoms with E-state index in [0.717, 1.165) is 11.3 Å². The van der Waals surface area contributed by atoms with Crippen LogP contribution in [0.4, 0.5) is 0 Å². The summed E-state index contributed by atoms with van der Waals surface area (Å²) in [6.07, 6.45) is 1.78. The van der Waals surface area contributed by atoms with Crippen molar-refractivity contribution in [3.8, 4) is 11.3 Å². The van der Waals surface area contributed by atoms with Gasteiger partial charge in [-0.3, -0.25) is 0 Å². The Kier molecular flexibility index (Phi) is 3.34. The second-order valence-corrected chi connectivity index (χ2v) is 13.1. The molecule has 3 aromatic rings. The summed E-state index contributed by atoms with van der Waals surface area (Å²) < 4.78 is 25.5. The van der Waals surface area contributed by atoms with Crippen molar-refractivity contribution in [2.45, 2.75) is 43.6 Å². The van der Waals surface area contributed by atoms with Crippen LogP contribution in [0, 0.1) is 20.7 Å². The number of aryl methyl sites for hydroxylation is 4. The van der Waals surface area contributed by atoms with Gasteiger partial charge in [-0.15, -0.1) is 0 Å². The van der Waals surface area contributed by atoms with Crippen LogP contribution in [0.2, 0.25) is 13.1 Å².